The van der Waals surface area contributed by atoms with Crippen LogP contribution in [-0.2, 0) is 16.6 Å². The summed E-state index contributed by atoms with van der Waals surface area (Å²) in [4.78, 5) is 14.7. The number of nitrogens with zero attached hydrogens (tertiary/aromatic N) is 3. The SMILES string of the molecule is CC1C2Cc3ccc(-c4nnco4)cc3[C@]1(C)CCN2C(=O)OC(C)(C)C. The fourth-order valence-electron chi connectivity index (χ4n) is 4.60. The molecule has 6 nitrogen and oxygen atoms in total. The largest absolute Gasteiger partial charge is 0.444 e. The van der Waals surface area contributed by atoms with Crippen LogP contribution >= 0.6 is 0 Å². The lowest BCUT2D eigenvalue weighted by molar-refractivity contribution is -0.0164. The van der Waals surface area contributed by atoms with Crippen molar-refractivity contribution in [2.75, 3.05) is 6.54 Å². The van der Waals surface area contributed by atoms with Gasteiger partial charge in [-0.1, -0.05) is 19.9 Å². The second kappa shape index (κ2) is 6.08. The van der Waals surface area contributed by atoms with E-state index in [2.05, 4.69) is 36.2 Å². The summed E-state index contributed by atoms with van der Waals surface area (Å²) in [6.45, 7) is 11.0. The Bertz CT molecular complexity index is 856. The molecule has 1 amide bonds. The number of aromatic nitrogens is 2. The van der Waals surface area contributed by atoms with Gasteiger partial charge in [-0.2, -0.15) is 0 Å². The van der Waals surface area contributed by atoms with E-state index in [1.807, 2.05) is 31.7 Å². The van der Waals surface area contributed by atoms with Crippen LogP contribution in [0.15, 0.2) is 29.0 Å². The Morgan fingerprint density at radius 3 is 2.81 bits per heavy atom. The molecule has 4 rings (SSSR count). The van der Waals surface area contributed by atoms with E-state index < -0.39 is 5.60 Å². The quantitative estimate of drug-likeness (QED) is 0.754. The van der Waals surface area contributed by atoms with Crippen LogP contribution in [0, 0.1) is 5.92 Å². The molecule has 1 aromatic heterocycles. The van der Waals surface area contributed by atoms with E-state index >= 15 is 0 Å². The van der Waals surface area contributed by atoms with E-state index in [4.69, 9.17) is 9.15 Å². The molecule has 144 valence electrons. The summed E-state index contributed by atoms with van der Waals surface area (Å²) >= 11 is 0. The topological polar surface area (TPSA) is 68.5 Å². The molecule has 27 heavy (non-hydrogen) atoms. The van der Waals surface area contributed by atoms with Crippen LogP contribution in [0.1, 0.15) is 52.2 Å². The van der Waals surface area contributed by atoms with Gasteiger partial charge in [0.1, 0.15) is 5.60 Å². The average molecular weight is 369 g/mol. The normalized spacial score (nSPS) is 27.2. The lowest BCUT2D eigenvalue weighted by Gasteiger charge is -2.54. The molecule has 6 heteroatoms. The van der Waals surface area contributed by atoms with Gasteiger partial charge in [-0.3, -0.25) is 0 Å². The van der Waals surface area contributed by atoms with Crippen LogP contribution in [0.3, 0.4) is 0 Å². The average Bonchev–Trinajstić information content (AvgIpc) is 3.10. The van der Waals surface area contributed by atoms with Crippen molar-refractivity contribution >= 4 is 6.09 Å². The monoisotopic (exact) mass is 369 g/mol. The second-order valence-corrected chi connectivity index (χ2v) is 9.02. The number of benzene rings is 1. The van der Waals surface area contributed by atoms with Gasteiger partial charge >= 0.3 is 6.09 Å². The van der Waals surface area contributed by atoms with Gasteiger partial charge in [0.2, 0.25) is 12.3 Å². The first kappa shape index (κ1) is 18.0. The molecule has 1 saturated heterocycles. The maximum Gasteiger partial charge on any atom is 0.410 e. The number of hydrogen-bond acceptors (Lipinski definition) is 5. The molecule has 1 aliphatic carbocycles. The molecule has 1 aliphatic heterocycles. The van der Waals surface area contributed by atoms with Crippen molar-refractivity contribution in [3.8, 4) is 11.5 Å². The van der Waals surface area contributed by atoms with Crippen molar-refractivity contribution in [3.05, 3.63) is 35.7 Å². The van der Waals surface area contributed by atoms with Crippen molar-refractivity contribution in [1.29, 1.82) is 0 Å². The zero-order chi connectivity index (χ0) is 19.4. The number of ether oxygens (including phenoxy) is 1. The third kappa shape index (κ3) is 3.01. The molecule has 0 saturated carbocycles. The van der Waals surface area contributed by atoms with Crippen LogP contribution in [-0.4, -0.2) is 39.4 Å². The van der Waals surface area contributed by atoms with Crippen LogP contribution in [0.4, 0.5) is 4.79 Å². The van der Waals surface area contributed by atoms with Gasteiger partial charge in [-0.25, -0.2) is 4.79 Å². The minimum atomic E-state index is -0.480. The van der Waals surface area contributed by atoms with Crippen molar-refractivity contribution < 1.29 is 13.9 Å². The zero-order valence-electron chi connectivity index (χ0n) is 16.7. The Balaban J connectivity index is 1.68. The van der Waals surface area contributed by atoms with Crippen LogP contribution < -0.4 is 0 Å². The number of fused-ring (bicyclic) bond motifs is 4. The zero-order valence-corrected chi connectivity index (χ0v) is 16.7. The van der Waals surface area contributed by atoms with Crippen molar-refractivity contribution in [3.63, 3.8) is 0 Å². The van der Waals surface area contributed by atoms with Crippen molar-refractivity contribution in [2.24, 2.45) is 5.92 Å². The lowest BCUT2D eigenvalue weighted by atomic mass is 9.59. The molecule has 1 aromatic carbocycles. The highest BCUT2D eigenvalue weighted by Gasteiger charge is 2.50. The maximum absolute atomic E-state index is 12.8. The van der Waals surface area contributed by atoms with Crippen LogP contribution in [0.25, 0.3) is 11.5 Å². The number of amides is 1. The predicted molar refractivity (Wildman–Crippen MR) is 101 cm³/mol. The van der Waals surface area contributed by atoms with Gasteiger partial charge in [0.05, 0.1) is 0 Å². The third-order valence-corrected chi connectivity index (χ3v) is 6.24. The number of hydrogen-bond donors (Lipinski definition) is 0. The van der Waals surface area contributed by atoms with Crippen LogP contribution in [0.5, 0.6) is 0 Å². The van der Waals surface area contributed by atoms with Crippen LogP contribution in [0.2, 0.25) is 0 Å². The summed E-state index contributed by atoms with van der Waals surface area (Å²) in [5.41, 5.74) is 3.11. The molecule has 0 spiro atoms. The van der Waals surface area contributed by atoms with E-state index in [-0.39, 0.29) is 17.6 Å². The van der Waals surface area contributed by atoms with E-state index in [0.717, 1.165) is 18.4 Å². The van der Waals surface area contributed by atoms with Crippen molar-refractivity contribution in [2.45, 2.75) is 64.5 Å². The standard InChI is InChI=1S/C21H27N3O3/c1-13-17-11-14-6-7-15(18-23-22-12-26-18)10-16(14)21(13,5)8-9-24(17)19(25)27-20(2,3)4/h6-7,10,12-13,17H,8-9,11H2,1-5H3/t13?,17?,21-/m1/s1. The van der Waals surface area contributed by atoms with E-state index in [9.17, 15) is 4.79 Å². The summed E-state index contributed by atoms with van der Waals surface area (Å²) in [5, 5.41) is 7.83. The number of piperidine rings is 1. The molecule has 2 aromatic rings. The molecule has 0 radical (unpaired) electrons. The summed E-state index contributed by atoms with van der Waals surface area (Å²) in [7, 11) is 0. The fraction of sp³-hybridized carbons (Fsp3) is 0.571. The minimum absolute atomic E-state index is 0.00674. The third-order valence-electron chi connectivity index (χ3n) is 6.24. The Hall–Kier alpha value is -2.37. The Morgan fingerprint density at radius 2 is 2.15 bits per heavy atom. The molecule has 2 heterocycles. The first-order valence-electron chi connectivity index (χ1n) is 9.58. The van der Waals surface area contributed by atoms with Gasteiger partial charge in [0, 0.05) is 18.2 Å². The van der Waals surface area contributed by atoms with Gasteiger partial charge < -0.3 is 14.1 Å². The fourth-order valence-corrected chi connectivity index (χ4v) is 4.60. The van der Waals surface area contributed by atoms with E-state index in [0.29, 0.717) is 18.4 Å². The van der Waals surface area contributed by atoms with Gasteiger partial charge in [0.25, 0.3) is 0 Å². The molecule has 3 atom stereocenters. The Morgan fingerprint density at radius 1 is 1.37 bits per heavy atom. The number of carbonyl (C=O) groups excluding carboxylic acids is 1. The smallest absolute Gasteiger partial charge is 0.410 e. The highest BCUT2D eigenvalue weighted by Crippen LogP contribution is 2.49. The molecule has 1 fully saturated rings. The first-order chi connectivity index (χ1) is 12.7. The summed E-state index contributed by atoms with van der Waals surface area (Å²) < 4.78 is 11.0. The molecule has 2 bridgehead atoms. The first-order valence-corrected chi connectivity index (χ1v) is 9.58. The number of rotatable bonds is 1. The highest BCUT2D eigenvalue weighted by atomic mass is 16.6. The van der Waals surface area contributed by atoms with E-state index in [1.165, 1.54) is 17.5 Å². The predicted octanol–water partition coefficient (Wildman–Crippen LogP) is 4.20. The van der Waals surface area contributed by atoms with Gasteiger partial charge in [0.15, 0.2) is 0 Å². The number of carbonyl (C=O) groups is 1. The molecular formula is C21H27N3O3. The second-order valence-electron chi connectivity index (χ2n) is 9.02. The highest BCUT2D eigenvalue weighted by molar-refractivity contribution is 5.69. The Kier molecular flexibility index (Phi) is 4.05. The van der Waals surface area contributed by atoms with Gasteiger partial charge in [-0.15, -0.1) is 10.2 Å². The molecule has 2 aliphatic rings. The number of likely N-dealkylation sites (tertiary alicyclic amines) is 1. The molecular weight excluding hydrogens is 342 g/mol. The molecule has 0 N–H and O–H groups in total. The lowest BCUT2D eigenvalue weighted by Crippen LogP contribution is -2.60. The van der Waals surface area contributed by atoms with Crippen molar-refractivity contribution in [1.82, 2.24) is 15.1 Å². The minimum Gasteiger partial charge on any atom is -0.444 e. The Labute approximate surface area is 159 Å². The maximum atomic E-state index is 12.8. The summed E-state index contributed by atoms with van der Waals surface area (Å²) in [6.07, 6.45) is 2.90. The molecule has 2 unspecified atom stereocenters. The summed E-state index contributed by atoms with van der Waals surface area (Å²) in [6, 6.07) is 6.52. The van der Waals surface area contributed by atoms with Gasteiger partial charge in [-0.05, 0) is 68.2 Å². The summed E-state index contributed by atoms with van der Waals surface area (Å²) in [5.74, 6) is 0.881. The van der Waals surface area contributed by atoms with E-state index in [1.54, 1.807) is 0 Å².